The molecule has 4 aliphatic rings. The average molecular weight is 611 g/mol. The zero-order valence-corrected chi connectivity index (χ0v) is 24.4. The number of hydrogen-bond acceptors (Lipinski definition) is 8. The highest BCUT2D eigenvalue weighted by molar-refractivity contribution is 6.01. The lowest BCUT2D eigenvalue weighted by Gasteiger charge is -2.35. The third-order valence-electron chi connectivity index (χ3n) is 9.67. The number of phenolic OH excluding ortho intramolecular Hbond substituents is 1. The number of anilines is 1. The van der Waals surface area contributed by atoms with Crippen LogP contribution in [0.3, 0.4) is 0 Å². The highest BCUT2D eigenvalue weighted by Gasteiger charge is 2.49. The third kappa shape index (κ3) is 4.88. The maximum Gasteiger partial charge on any atom is 0.319 e. The molecule has 0 saturated carbocycles. The van der Waals surface area contributed by atoms with Crippen molar-refractivity contribution in [3.8, 4) is 11.8 Å². The van der Waals surface area contributed by atoms with Gasteiger partial charge in [-0.1, -0.05) is 6.07 Å². The zero-order valence-electron chi connectivity index (χ0n) is 24.4. The first-order valence-electron chi connectivity index (χ1n) is 15.1. The summed E-state index contributed by atoms with van der Waals surface area (Å²) in [7, 11) is 0. The fourth-order valence-corrected chi connectivity index (χ4v) is 7.64. The third-order valence-corrected chi connectivity index (χ3v) is 9.67. The van der Waals surface area contributed by atoms with Gasteiger partial charge in [-0.25, -0.2) is 17.6 Å². The Morgan fingerprint density at radius 2 is 1.95 bits per heavy atom. The Bertz CT molecular complexity index is 1670. The predicted molar refractivity (Wildman–Crippen MR) is 160 cm³/mol. The molecule has 8 nitrogen and oxygen atoms in total. The number of aromatic nitrogens is 2. The van der Waals surface area contributed by atoms with Gasteiger partial charge in [-0.3, -0.25) is 9.89 Å². The Hall–Kier alpha value is -3.77. The first-order valence-corrected chi connectivity index (χ1v) is 15.1. The summed E-state index contributed by atoms with van der Waals surface area (Å²) in [6, 6.07) is 5.09. The summed E-state index contributed by atoms with van der Waals surface area (Å²) < 4.78 is 66.8. The van der Waals surface area contributed by atoms with Crippen molar-refractivity contribution in [2.75, 3.05) is 37.7 Å². The second-order valence-electron chi connectivity index (χ2n) is 12.5. The molecule has 0 aliphatic carbocycles. The van der Waals surface area contributed by atoms with Crippen LogP contribution in [0.2, 0.25) is 0 Å². The molecule has 44 heavy (non-hydrogen) atoms. The van der Waals surface area contributed by atoms with E-state index in [1.54, 1.807) is 6.92 Å². The minimum atomic E-state index is -1.20. The van der Waals surface area contributed by atoms with Crippen LogP contribution >= 0.6 is 0 Å². The zero-order chi connectivity index (χ0) is 30.7. The van der Waals surface area contributed by atoms with Crippen molar-refractivity contribution in [1.29, 1.82) is 0 Å². The van der Waals surface area contributed by atoms with Gasteiger partial charge in [0.1, 0.15) is 35.7 Å². The number of aliphatic imine (C=N–C) groups is 1. The number of halogens is 4. The fourth-order valence-electron chi connectivity index (χ4n) is 7.64. The number of phenols is 1. The van der Waals surface area contributed by atoms with E-state index in [0.717, 1.165) is 44.4 Å². The number of aromatic hydroxyl groups is 1. The molecule has 2 N–H and O–H groups in total. The molecule has 4 fully saturated rings. The summed E-state index contributed by atoms with van der Waals surface area (Å²) in [6.07, 6.45) is 3.18. The average Bonchev–Trinajstić information content (AvgIpc) is 3.64. The van der Waals surface area contributed by atoms with E-state index in [9.17, 15) is 13.9 Å². The van der Waals surface area contributed by atoms with Crippen LogP contribution < -0.4 is 15.0 Å². The van der Waals surface area contributed by atoms with Gasteiger partial charge in [0.05, 0.1) is 5.54 Å². The molecule has 232 valence electrons. The van der Waals surface area contributed by atoms with Gasteiger partial charge >= 0.3 is 6.01 Å². The summed E-state index contributed by atoms with van der Waals surface area (Å²) in [5.74, 6) is -3.06. The number of alkyl halides is 1. The van der Waals surface area contributed by atoms with Gasteiger partial charge in [0, 0.05) is 54.7 Å². The van der Waals surface area contributed by atoms with Crippen LogP contribution in [0.15, 0.2) is 29.3 Å². The van der Waals surface area contributed by atoms with E-state index < -0.39 is 34.9 Å². The van der Waals surface area contributed by atoms with Gasteiger partial charge < -0.3 is 20.1 Å². The first-order chi connectivity index (χ1) is 21.2. The summed E-state index contributed by atoms with van der Waals surface area (Å²) in [5.41, 5.74) is -0.772. The number of nitrogens with zero attached hydrogens (tertiary/aromatic N) is 5. The number of fused-ring (bicyclic) bond motifs is 4. The van der Waals surface area contributed by atoms with E-state index in [1.165, 1.54) is 12.1 Å². The molecule has 12 heteroatoms. The molecule has 1 aromatic heterocycles. The highest BCUT2D eigenvalue weighted by Crippen LogP contribution is 2.42. The molecular formula is C32H34F4N6O2. The Kier molecular flexibility index (Phi) is 7.24. The van der Waals surface area contributed by atoms with Gasteiger partial charge in [-0.05, 0) is 69.5 Å². The molecule has 4 aliphatic heterocycles. The Morgan fingerprint density at radius 1 is 1.18 bits per heavy atom. The predicted octanol–water partition coefficient (Wildman–Crippen LogP) is 5.31. The second kappa shape index (κ2) is 11.0. The monoisotopic (exact) mass is 610 g/mol. The van der Waals surface area contributed by atoms with Crippen LogP contribution in [0.5, 0.6) is 11.8 Å². The van der Waals surface area contributed by atoms with Crippen molar-refractivity contribution in [3.63, 3.8) is 0 Å². The molecule has 0 radical (unpaired) electrons. The molecule has 4 saturated heterocycles. The van der Waals surface area contributed by atoms with E-state index in [4.69, 9.17) is 9.72 Å². The number of benzene rings is 2. The lowest BCUT2D eigenvalue weighted by atomic mass is 9.95. The number of nitrogens with one attached hydrogen (secondary N) is 1. The van der Waals surface area contributed by atoms with Crippen LogP contribution in [-0.2, 0) is 0 Å². The van der Waals surface area contributed by atoms with Crippen molar-refractivity contribution < 1.29 is 27.4 Å². The standard InChI is InChI=1S/C32H34F4N6O2/c1-17-28(27(36)29(37-2)23-11-22(43)10-18-4-7-24(34)26(35)25(18)23)39-31(40-30(17)41-14-20-5-6-21(15-41)38-20)44-16-32-8-3-9-42(32)13-19(33)12-32/h4,7,10-11,19-21,38,43H,2-3,5-6,8-9,12-16H2,1H3/b29-27+/t19-,20?,21?,32+/m1/s1. The highest BCUT2D eigenvalue weighted by atomic mass is 19.2. The van der Waals surface area contributed by atoms with Crippen LogP contribution in [0.4, 0.5) is 23.4 Å². The SMILES string of the molecule is C=N/C(=C(/F)c1nc(OC[C@@]23CCCN2C[C@H](F)C3)nc(N2CC3CCC(C2)N3)c1C)c1cc(O)cc2ccc(F)c(F)c12. The van der Waals surface area contributed by atoms with Crippen LogP contribution in [0.25, 0.3) is 22.3 Å². The van der Waals surface area contributed by atoms with Gasteiger partial charge in [0.15, 0.2) is 17.5 Å². The normalized spacial score (nSPS) is 27.1. The quantitative estimate of drug-likeness (QED) is 0.277. The molecule has 0 spiro atoms. The number of hydrogen-bond donors (Lipinski definition) is 2. The Morgan fingerprint density at radius 3 is 2.70 bits per heavy atom. The van der Waals surface area contributed by atoms with Crippen molar-refractivity contribution in [1.82, 2.24) is 20.2 Å². The Labute approximate surface area is 252 Å². The molecular weight excluding hydrogens is 576 g/mol. The van der Waals surface area contributed by atoms with Crippen LogP contribution in [-0.4, -0.2) is 83.3 Å². The molecule has 4 atom stereocenters. The van der Waals surface area contributed by atoms with E-state index in [1.807, 2.05) is 0 Å². The van der Waals surface area contributed by atoms with Gasteiger partial charge in [-0.2, -0.15) is 9.97 Å². The van der Waals surface area contributed by atoms with Crippen LogP contribution in [0, 0.1) is 18.6 Å². The van der Waals surface area contributed by atoms with Gasteiger partial charge in [0.25, 0.3) is 0 Å². The molecule has 7 rings (SSSR count). The first kappa shape index (κ1) is 29.0. The topological polar surface area (TPSA) is 86.1 Å². The smallest absolute Gasteiger partial charge is 0.319 e. The lowest BCUT2D eigenvalue weighted by molar-refractivity contribution is 0.107. The second-order valence-corrected chi connectivity index (χ2v) is 12.5. The maximum atomic E-state index is 16.8. The number of piperazine rings is 1. The minimum absolute atomic E-state index is 0.0634. The van der Waals surface area contributed by atoms with E-state index in [-0.39, 0.29) is 52.5 Å². The van der Waals surface area contributed by atoms with Crippen molar-refractivity contribution in [3.05, 3.63) is 52.7 Å². The summed E-state index contributed by atoms with van der Waals surface area (Å²) in [6.45, 7) is 7.84. The summed E-state index contributed by atoms with van der Waals surface area (Å²) >= 11 is 0. The summed E-state index contributed by atoms with van der Waals surface area (Å²) in [4.78, 5) is 17.3. The Balaban J connectivity index is 1.35. The molecule has 2 unspecified atom stereocenters. The van der Waals surface area contributed by atoms with E-state index in [0.29, 0.717) is 37.4 Å². The molecule has 2 aromatic carbocycles. The summed E-state index contributed by atoms with van der Waals surface area (Å²) in [5, 5.41) is 13.9. The number of rotatable bonds is 7. The van der Waals surface area contributed by atoms with E-state index in [2.05, 4.69) is 31.8 Å². The minimum Gasteiger partial charge on any atom is -0.508 e. The van der Waals surface area contributed by atoms with E-state index >= 15 is 8.78 Å². The van der Waals surface area contributed by atoms with Gasteiger partial charge in [0.2, 0.25) is 0 Å². The molecule has 3 aromatic rings. The van der Waals surface area contributed by atoms with Crippen molar-refractivity contribution in [2.24, 2.45) is 4.99 Å². The molecule has 5 heterocycles. The van der Waals surface area contributed by atoms with Crippen molar-refractivity contribution in [2.45, 2.75) is 62.8 Å². The largest absolute Gasteiger partial charge is 0.508 e. The van der Waals surface area contributed by atoms with Gasteiger partial charge in [-0.15, -0.1) is 0 Å². The maximum absolute atomic E-state index is 16.8. The molecule has 2 bridgehead atoms. The fraction of sp³-hybridized carbons (Fsp3) is 0.469. The van der Waals surface area contributed by atoms with Crippen molar-refractivity contribution >= 4 is 34.8 Å². The molecule has 0 amide bonds. The number of ether oxygens (including phenoxy) is 1. The van der Waals surface area contributed by atoms with Crippen LogP contribution in [0.1, 0.15) is 48.9 Å². The lowest BCUT2D eigenvalue weighted by Crippen LogP contribution is -2.51.